The summed E-state index contributed by atoms with van der Waals surface area (Å²) in [4.78, 5) is 78.5. The SMILES string of the molecule is C#CCCC(=O)N[C@H](C(=O)C[C@@H]1CSCc2ccccc2CSC[C@H](C)NC(=O)[C@H](C)CC(=O)[C@H](CC(N)=O)NC1=O)C(CC)CC. The van der Waals surface area contributed by atoms with Crippen LogP contribution in [0.25, 0.3) is 0 Å². The molecule has 12 heteroatoms. The molecule has 4 amide bonds. The lowest BCUT2D eigenvalue weighted by molar-refractivity contribution is -0.135. The Balaban J connectivity index is 2.43. The Bertz CT molecular complexity index is 1290. The Kier molecular flexibility index (Phi) is 17.7. The molecule has 0 radical (unpaired) electrons. The number of Topliss-reactive ketones (excluding diaryl/α,β-unsaturated/α-hetero) is 2. The summed E-state index contributed by atoms with van der Waals surface area (Å²) in [6, 6.07) is 5.85. The zero-order valence-corrected chi connectivity index (χ0v) is 29.6. The van der Waals surface area contributed by atoms with Crippen molar-refractivity contribution in [1.29, 1.82) is 0 Å². The number of hydrogen-bond donors (Lipinski definition) is 4. The van der Waals surface area contributed by atoms with Crippen LogP contribution in [0.1, 0.15) is 83.8 Å². The Hall–Kier alpha value is -3.30. The molecule has 1 heterocycles. The molecule has 1 aromatic rings. The summed E-state index contributed by atoms with van der Waals surface area (Å²) in [5.41, 5.74) is 7.69. The van der Waals surface area contributed by atoms with E-state index in [0.717, 1.165) is 16.9 Å². The van der Waals surface area contributed by atoms with Crippen molar-refractivity contribution >= 4 is 58.7 Å². The van der Waals surface area contributed by atoms with Crippen molar-refractivity contribution in [3.63, 3.8) is 0 Å². The molecule has 1 aliphatic heterocycles. The lowest BCUT2D eigenvalue weighted by Gasteiger charge is -2.28. The average molecular weight is 687 g/mol. The zero-order chi connectivity index (χ0) is 34.9. The van der Waals surface area contributed by atoms with Gasteiger partial charge in [0.05, 0.1) is 24.4 Å². The van der Waals surface area contributed by atoms with Gasteiger partial charge in [-0.2, -0.15) is 23.5 Å². The van der Waals surface area contributed by atoms with Crippen LogP contribution in [0, 0.1) is 30.1 Å². The van der Waals surface area contributed by atoms with Crippen LogP contribution < -0.4 is 21.7 Å². The van der Waals surface area contributed by atoms with Crippen LogP contribution in [0.4, 0.5) is 0 Å². The van der Waals surface area contributed by atoms with Gasteiger partial charge < -0.3 is 21.7 Å². The maximum absolute atomic E-state index is 13.9. The third kappa shape index (κ3) is 13.8. The number of nitrogens with one attached hydrogen (secondary N) is 3. The molecule has 0 saturated heterocycles. The van der Waals surface area contributed by atoms with Gasteiger partial charge in [0.1, 0.15) is 0 Å². The average Bonchev–Trinajstić information content (AvgIpc) is 3.02. The number of terminal acetylenes is 1. The molecule has 0 aliphatic carbocycles. The standard InChI is InChI=1S/C35H50N4O6S2/c1-6-9-14-32(43)39-33(24(7-2)8-3)30(41)16-27-21-47-20-26-13-11-10-12-25(26)19-46-18-23(5)37-34(44)22(4)15-29(40)28(17-31(36)42)38-35(27)45/h1,10-13,22-24,27-28,33H,7-9,14-21H2,2-5H3,(H2,36,42)(H,37,44)(H,38,45)(H,39,43)/t22-,23+,27-,28+,33+/m1/s1. The normalized spacial score (nSPS) is 22.4. The number of carbonyl (C=O) groups is 6. The minimum atomic E-state index is -1.25. The predicted molar refractivity (Wildman–Crippen MR) is 188 cm³/mol. The van der Waals surface area contributed by atoms with Crippen LogP contribution >= 0.6 is 23.5 Å². The van der Waals surface area contributed by atoms with Crippen LogP contribution in [0.3, 0.4) is 0 Å². The second kappa shape index (κ2) is 20.8. The van der Waals surface area contributed by atoms with E-state index in [1.165, 1.54) is 11.8 Å². The van der Waals surface area contributed by atoms with Crippen LogP contribution in [0.15, 0.2) is 24.3 Å². The Morgan fingerprint density at radius 3 is 2.17 bits per heavy atom. The summed E-state index contributed by atoms with van der Waals surface area (Å²) < 4.78 is 0. The van der Waals surface area contributed by atoms with Gasteiger partial charge in [-0.1, -0.05) is 57.9 Å². The van der Waals surface area contributed by atoms with E-state index >= 15 is 0 Å². The van der Waals surface area contributed by atoms with Crippen molar-refractivity contribution in [2.24, 2.45) is 23.5 Å². The molecule has 47 heavy (non-hydrogen) atoms. The van der Waals surface area contributed by atoms with E-state index in [-0.39, 0.29) is 61.0 Å². The Labute approximate surface area is 287 Å². The van der Waals surface area contributed by atoms with E-state index in [1.54, 1.807) is 18.7 Å². The lowest BCUT2D eigenvalue weighted by atomic mass is 9.87. The van der Waals surface area contributed by atoms with Crippen LogP contribution in [-0.4, -0.2) is 64.8 Å². The number of thioether (sulfide) groups is 2. The molecular weight excluding hydrogens is 637 g/mol. The maximum atomic E-state index is 13.9. The van der Waals surface area contributed by atoms with Crippen molar-refractivity contribution in [3.05, 3.63) is 35.4 Å². The maximum Gasteiger partial charge on any atom is 0.224 e. The lowest BCUT2D eigenvalue weighted by Crippen LogP contribution is -2.49. The fraction of sp³-hybridized carbons (Fsp3) is 0.600. The Morgan fingerprint density at radius 1 is 0.979 bits per heavy atom. The first kappa shape index (κ1) is 39.9. The van der Waals surface area contributed by atoms with Gasteiger partial charge in [0, 0.05) is 60.7 Å². The molecule has 258 valence electrons. The molecule has 1 aliphatic rings. The fourth-order valence-electron chi connectivity index (χ4n) is 5.45. The summed E-state index contributed by atoms with van der Waals surface area (Å²) in [6.07, 6.45) is 6.12. The van der Waals surface area contributed by atoms with E-state index in [9.17, 15) is 28.8 Å². The summed E-state index contributed by atoms with van der Waals surface area (Å²) in [7, 11) is 0. The molecule has 0 spiro atoms. The van der Waals surface area contributed by atoms with E-state index < -0.39 is 47.9 Å². The minimum Gasteiger partial charge on any atom is -0.370 e. The van der Waals surface area contributed by atoms with E-state index in [1.807, 2.05) is 39.0 Å². The molecule has 5 N–H and O–H groups in total. The largest absolute Gasteiger partial charge is 0.370 e. The van der Waals surface area contributed by atoms with Gasteiger partial charge in [0.15, 0.2) is 11.6 Å². The van der Waals surface area contributed by atoms with Crippen LogP contribution in [0.2, 0.25) is 0 Å². The molecule has 10 nitrogen and oxygen atoms in total. The van der Waals surface area contributed by atoms with Crippen molar-refractivity contribution in [2.45, 2.75) is 102 Å². The topological polar surface area (TPSA) is 165 Å². The number of primary amides is 1. The highest BCUT2D eigenvalue weighted by Crippen LogP contribution is 2.26. The molecule has 0 saturated carbocycles. The predicted octanol–water partition coefficient (Wildman–Crippen LogP) is 3.54. The zero-order valence-electron chi connectivity index (χ0n) is 28.0. The first-order valence-corrected chi connectivity index (χ1v) is 18.6. The second-order valence-corrected chi connectivity index (χ2v) is 14.3. The molecule has 0 bridgehead atoms. The fourth-order valence-corrected chi connectivity index (χ4v) is 7.67. The van der Waals surface area contributed by atoms with Crippen molar-refractivity contribution in [2.75, 3.05) is 11.5 Å². The molecule has 0 fully saturated rings. The highest BCUT2D eigenvalue weighted by molar-refractivity contribution is 7.98. The van der Waals surface area contributed by atoms with Crippen molar-refractivity contribution in [3.8, 4) is 12.3 Å². The van der Waals surface area contributed by atoms with Gasteiger partial charge >= 0.3 is 0 Å². The number of ketones is 2. The third-order valence-corrected chi connectivity index (χ3v) is 10.7. The number of carbonyl (C=O) groups excluding carboxylic acids is 6. The van der Waals surface area contributed by atoms with Gasteiger partial charge in [-0.15, -0.1) is 12.3 Å². The van der Waals surface area contributed by atoms with Crippen LogP contribution in [-0.2, 0) is 40.3 Å². The smallest absolute Gasteiger partial charge is 0.224 e. The third-order valence-electron chi connectivity index (χ3n) is 8.27. The molecule has 0 aromatic heterocycles. The van der Waals surface area contributed by atoms with Crippen molar-refractivity contribution in [1.82, 2.24) is 16.0 Å². The van der Waals surface area contributed by atoms with Gasteiger partial charge in [0.25, 0.3) is 0 Å². The van der Waals surface area contributed by atoms with E-state index in [2.05, 4.69) is 27.9 Å². The van der Waals surface area contributed by atoms with Gasteiger partial charge in [-0.25, -0.2) is 0 Å². The monoisotopic (exact) mass is 686 g/mol. The molecular formula is C35H50N4O6S2. The summed E-state index contributed by atoms with van der Waals surface area (Å²) in [5, 5.41) is 8.49. The molecule has 1 aromatic carbocycles. The van der Waals surface area contributed by atoms with Crippen LogP contribution in [0.5, 0.6) is 0 Å². The number of rotatable bonds is 11. The molecule has 2 rings (SSSR count). The highest BCUT2D eigenvalue weighted by atomic mass is 32.2. The Morgan fingerprint density at radius 2 is 1.60 bits per heavy atom. The van der Waals surface area contributed by atoms with E-state index in [4.69, 9.17) is 12.2 Å². The van der Waals surface area contributed by atoms with Gasteiger partial charge in [-0.05, 0) is 24.0 Å². The van der Waals surface area contributed by atoms with Crippen molar-refractivity contribution < 1.29 is 28.8 Å². The molecule has 0 unspecified atom stereocenters. The summed E-state index contributed by atoms with van der Waals surface area (Å²) >= 11 is 3.19. The number of hydrogen-bond acceptors (Lipinski definition) is 8. The number of benzene rings is 1. The first-order valence-electron chi connectivity index (χ1n) is 16.3. The van der Waals surface area contributed by atoms with Gasteiger partial charge in [0.2, 0.25) is 23.6 Å². The number of fused-ring (bicyclic) bond motifs is 1. The minimum absolute atomic E-state index is 0.0875. The number of amides is 4. The van der Waals surface area contributed by atoms with E-state index in [0.29, 0.717) is 24.3 Å². The second-order valence-electron chi connectivity index (χ2n) is 12.2. The summed E-state index contributed by atoms with van der Waals surface area (Å²) in [5.74, 6) is 0.225. The highest BCUT2D eigenvalue weighted by Gasteiger charge is 2.34. The first-order chi connectivity index (χ1) is 22.4. The summed E-state index contributed by atoms with van der Waals surface area (Å²) in [6.45, 7) is 7.42. The van der Waals surface area contributed by atoms with Gasteiger partial charge in [-0.3, -0.25) is 28.8 Å². The number of nitrogens with two attached hydrogens (primary N) is 1. The molecule has 5 atom stereocenters. The quantitative estimate of drug-likeness (QED) is 0.257.